The average molecular weight is 368 g/mol. The predicted molar refractivity (Wildman–Crippen MR) is 117 cm³/mol. The molecular formula is C24H24N4. The summed E-state index contributed by atoms with van der Waals surface area (Å²) >= 11 is 0. The Bertz CT molecular complexity index is 961. The highest BCUT2D eigenvalue weighted by molar-refractivity contribution is 6.03. The van der Waals surface area contributed by atoms with Crippen molar-refractivity contribution in [2.45, 2.75) is 12.5 Å². The molecule has 0 saturated carbocycles. The quantitative estimate of drug-likeness (QED) is 0.472. The summed E-state index contributed by atoms with van der Waals surface area (Å²) in [5, 5.41) is 13.2. The van der Waals surface area contributed by atoms with E-state index in [1.807, 2.05) is 26.4 Å². The molecule has 3 aromatic rings. The standard InChI is InChI=1S/C24H24N4/c1-27(2)25-18-19-13-15-22(16-14-19)28-24(21-11-7-4-8-12-21)17-23(26-28)20-9-5-3-6-10-20/h3-16,18,24H,17H2,1-2H3/b25-18+. The SMILES string of the molecule is CN(C)/N=C/c1ccc(N2N=C(c3ccccc3)CC2c2ccccc2)cc1. The molecule has 0 N–H and O–H groups in total. The van der Waals surface area contributed by atoms with Crippen molar-refractivity contribution in [1.82, 2.24) is 5.01 Å². The molecule has 0 spiro atoms. The summed E-state index contributed by atoms with van der Waals surface area (Å²) in [5.74, 6) is 0. The van der Waals surface area contributed by atoms with Gasteiger partial charge in [-0.15, -0.1) is 0 Å². The molecule has 1 atom stereocenters. The molecule has 0 saturated heterocycles. The fourth-order valence-electron chi connectivity index (χ4n) is 3.38. The number of benzene rings is 3. The van der Waals surface area contributed by atoms with Gasteiger partial charge in [0.2, 0.25) is 0 Å². The summed E-state index contributed by atoms with van der Waals surface area (Å²) in [4.78, 5) is 0. The molecule has 4 nitrogen and oxygen atoms in total. The smallest absolute Gasteiger partial charge is 0.0831 e. The van der Waals surface area contributed by atoms with Gasteiger partial charge in [-0.2, -0.15) is 10.2 Å². The third kappa shape index (κ3) is 3.96. The summed E-state index contributed by atoms with van der Waals surface area (Å²) in [7, 11) is 3.83. The number of hydrogen-bond donors (Lipinski definition) is 0. The van der Waals surface area contributed by atoms with Crippen LogP contribution < -0.4 is 5.01 Å². The van der Waals surface area contributed by atoms with E-state index in [9.17, 15) is 0 Å². The van der Waals surface area contributed by atoms with Crippen LogP contribution in [0.1, 0.15) is 29.2 Å². The van der Waals surface area contributed by atoms with Gasteiger partial charge in [0.15, 0.2) is 0 Å². The summed E-state index contributed by atoms with van der Waals surface area (Å²) in [6.45, 7) is 0. The van der Waals surface area contributed by atoms with E-state index < -0.39 is 0 Å². The highest BCUT2D eigenvalue weighted by atomic mass is 15.5. The summed E-state index contributed by atoms with van der Waals surface area (Å²) in [5.41, 5.74) is 5.73. The van der Waals surface area contributed by atoms with E-state index in [1.54, 1.807) is 5.01 Å². The first kappa shape index (κ1) is 18.0. The Labute approximate surface area is 166 Å². The molecule has 1 heterocycles. The number of anilines is 1. The Morgan fingerprint density at radius 2 is 1.54 bits per heavy atom. The maximum absolute atomic E-state index is 5.00. The monoisotopic (exact) mass is 368 g/mol. The van der Waals surface area contributed by atoms with Crippen molar-refractivity contribution in [2.24, 2.45) is 10.2 Å². The second kappa shape index (κ2) is 8.09. The van der Waals surface area contributed by atoms with Gasteiger partial charge in [0.05, 0.1) is 23.7 Å². The van der Waals surface area contributed by atoms with E-state index in [2.05, 4.69) is 89.0 Å². The predicted octanol–water partition coefficient (Wildman–Crippen LogP) is 4.94. The molecule has 1 aliphatic heterocycles. The van der Waals surface area contributed by atoms with Crippen LogP contribution in [-0.4, -0.2) is 31.0 Å². The van der Waals surface area contributed by atoms with Crippen LogP contribution in [0, 0.1) is 0 Å². The Morgan fingerprint density at radius 3 is 2.18 bits per heavy atom. The van der Waals surface area contributed by atoms with Gasteiger partial charge < -0.3 is 5.01 Å². The van der Waals surface area contributed by atoms with Crippen LogP contribution in [0.4, 0.5) is 5.69 Å². The van der Waals surface area contributed by atoms with E-state index in [-0.39, 0.29) is 6.04 Å². The van der Waals surface area contributed by atoms with Crippen LogP contribution in [-0.2, 0) is 0 Å². The minimum Gasteiger partial charge on any atom is -0.303 e. The van der Waals surface area contributed by atoms with E-state index in [4.69, 9.17) is 5.10 Å². The summed E-state index contributed by atoms with van der Waals surface area (Å²) in [6, 6.07) is 29.6. The average Bonchev–Trinajstić information content (AvgIpc) is 3.19. The van der Waals surface area contributed by atoms with Gasteiger partial charge >= 0.3 is 0 Å². The molecule has 0 amide bonds. The van der Waals surface area contributed by atoms with E-state index >= 15 is 0 Å². The zero-order valence-corrected chi connectivity index (χ0v) is 16.2. The van der Waals surface area contributed by atoms with E-state index in [0.29, 0.717) is 0 Å². The first-order valence-corrected chi connectivity index (χ1v) is 9.49. The zero-order chi connectivity index (χ0) is 19.3. The minimum atomic E-state index is 0.192. The molecule has 3 aromatic carbocycles. The minimum absolute atomic E-state index is 0.192. The first-order chi connectivity index (χ1) is 13.7. The van der Waals surface area contributed by atoms with Gasteiger partial charge in [0, 0.05) is 20.5 Å². The van der Waals surface area contributed by atoms with Crippen molar-refractivity contribution < 1.29 is 0 Å². The van der Waals surface area contributed by atoms with E-state index in [0.717, 1.165) is 23.4 Å². The normalized spacial score (nSPS) is 16.4. The number of rotatable bonds is 5. The molecule has 0 fully saturated rings. The molecule has 4 heteroatoms. The van der Waals surface area contributed by atoms with Gasteiger partial charge in [0.25, 0.3) is 0 Å². The summed E-state index contributed by atoms with van der Waals surface area (Å²) < 4.78 is 0. The van der Waals surface area contributed by atoms with Crippen molar-refractivity contribution in [3.05, 3.63) is 102 Å². The molecule has 0 aromatic heterocycles. The van der Waals surface area contributed by atoms with Gasteiger partial charge in [0.1, 0.15) is 0 Å². The molecule has 0 aliphatic carbocycles. The lowest BCUT2D eigenvalue weighted by Gasteiger charge is -2.24. The maximum atomic E-state index is 5.00. The van der Waals surface area contributed by atoms with E-state index in [1.165, 1.54) is 11.1 Å². The Morgan fingerprint density at radius 1 is 0.893 bits per heavy atom. The molecule has 140 valence electrons. The number of nitrogens with zero attached hydrogens (tertiary/aromatic N) is 4. The zero-order valence-electron chi connectivity index (χ0n) is 16.2. The van der Waals surface area contributed by atoms with Crippen molar-refractivity contribution in [1.29, 1.82) is 0 Å². The Hall–Kier alpha value is -3.40. The topological polar surface area (TPSA) is 31.2 Å². The fraction of sp³-hybridized carbons (Fsp3) is 0.167. The van der Waals surface area contributed by atoms with Crippen molar-refractivity contribution in [3.8, 4) is 0 Å². The van der Waals surface area contributed by atoms with Gasteiger partial charge in [-0.25, -0.2) is 0 Å². The summed E-state index contributed by atoms with van der Waals surface area (Å²) in [6.07, 6.45) is 2.75. The molecule has 4 rings (SSSR count). The Kier molecular flexibility index (Phi) is 5.20. The van der Waals surface area contributed by atoms with Crippen LogP contribution in [0.3, 0.4) is 0 Å². The lowest BCUT2D eigenvalue weighted by Crippen LogP contribution is -2.18. The maximum Gasteiger partial charge on any atom is 0.0831 e. The second-order valence-electron chi connectivity index (χ2n) is 7.07. The van der Waals surface area contributed by atoms with Crippen molar-refractivity contribution in [3.63, 3.8) is 0 Å². The lowest BCUT2D eigenvalue weighted by atomic mass is 9.98. The third-order valence-corrected chi connectivity index (χ3v) is 4.80. The first-order valence-electron chi connectivity index (χ1n) is 9.49. The van der Waals surface area contributed by atoms with Gasteiger partial charge in [-0.3, -0.25) is 5.01 Å². The fourth-order valence-corrected chi connectivity index (χ4v) is 3.38. The van der Waals surface area contributed by atoms with Crippen molar-refractivity contribution >= 4 is 17.6 Å². The molecular weight excluding hydrogens is 344 g/mol. The van der Waals surface area contributed by atoms with Crippen LogP contribution in [0.15, 0.2) is 95.1 Å². The van der Waals surface area contributed by atoms with Crippen LogP contribution in [0.25, 0.3) is 0 Å². The van der Waals surface area contributed by atoms with Crippen molar-refractivity contribution in [2.75, 3.05) is 19.1 Å². The van der Waals surface area contributed by atoms with Gasteiger partial charge in [-0.05, 0) is 28.8 Å². The highest BCUT2D eigenvalue weighted by Crippen LogP contribution is 2.36. The molecule has 0 bridgehead atoms. The third-order valence-electron chi connectivity index (χ3n) is 4.80. The van der Waals surface area contributed by atoms with Crippen LogP contribution in [0.5, 0.6) is 0 Å². The molecule has 1 unspecified atom stereocenters. The Balaban J connectivity index is 1.67. The molecule has 28 heavy (non-hydrogen) atoms. The van der Waals surface area contributed by atoms with Gasteiger partial charge in [-0.1, -0.05) is 72.8 Å². The number of hydrazone groups is 2. The largest absolute Gasteiger partial charge is 0.303 e. The van der Waals surface area contributed by atoms with Crippen LogP contribution in [0.2, 0.25) is 0 Å². The number of hydrogen-bond acceptors (Lipinski definition) is 4. The second-order valence-corrected chi connectivity index (χ2v) is 7.07. The van der Waals surface area contributed by atoms with Crippen LogP contribution >= 0.6 is 0 Å². The lowest BCUT2D eigenvalue weighted by molar-refractivity contribution is 0.440. The molecule has 0 radical (unpaired) electrons. The highest BCUT2D eigenvalue weighted by Gasteiger charge is 2.29. The molecule has 1 aliphatic rings.